The van der Waals surface area contributed by atoms with Gasteiger partial charge in [0.1, 0.15) is 0 Å². The van der Waals surface area contributed by atoms with Crippen LogP contribution in [0.5, 0.6) is 0 Å². The molecule has 0 saturated carbocycles. The van der Waals surface area contributed by atoms with Crippen LogP contribution in [0.15, 0.2) is 33.5 Å². The Balaban J connectivity index is 1.86. The summed E-state index contributed by atoms with van der Waals surface area (Å²) >= 11 is 4.47. The largest absolute Gasteiger partial charge is 0.358 e. The summed E-state index contributed by atoms with van der Waals surface area (Å²) in [5.74, 6) is 0.277. The minimum Gasteiger partial charge on any atom is -0.358 e. The number of benzene rings is 1. The Kier molecular flexibility index (Phi) is 6.53. The Labute approximate surface area is 142 Å². The molecule has 2 N–H and O–H groups in total. The van der Waals surface area contributed by atoms with E-state index in [4.69, 9.17) is 0 Å². The first-order valence-electron chi connectivity index (χ1n) is 6.74. The molecule has 118 valence electrons. The third-order valence-corrected chi connectivity index (χ3v) is 5.31. The fourth-order valence-electron chi connectivity index (χ4n) is 1.63. The number of nitrogens with zero attached hydrogens (tertiary/aromatic N) is 2. The zero-order valence-corrected chi connectivity index (χ0v) is 15.1. The number of carbonyl (C=O) groups is 1. The lowest BCUT2D eigenvalue weighted by Crippen LogP contribution is -2.14. The zero-order valence-electron chi connectivity index (χ0n) is 12.6. The van der Waals surface area contributed by atoms with E-state index in [2.05, 4.69) is 20.8 Å². The van der Waals surface area contributed by atoms with Crippen molar-refractivity contribution in [3.05, 3.63) is 24.3 Å². The van der Waals surface area contributed by atoms with Gasteiger partial charge in [-0.05, 0) is 32.2 Å². The summed E-state index contributed by atoms with van der Waals surface area (Å²) in [6.45, 7) is 4.09. The van der Waals surface area contributed by atoms with Crippen molar-refractivity contribution < 1.29 is 4.79 Å². The monoisotopic (exact) mass is 354 g/mol. The maximum atomic E-state index is 12.0. The van der Waals surface area contributed by atoms with Gasteiger partial charge in [0.2, 0.25) is 11.0 Å². The number of aromatic nitrogens is 2. The summed E-state index contributed by atoms with van der Waals surface area (Å²) < 4.78 is 0.788. The molecule has 0 aliphatic heterocycles. The van der Waals surface area contributed by atoms with Crippen LogP contribution in [-0.2, 0) is 4.79 Å². The topological polar surface area (TPSA) is 66.9 Å². The molecule has 2 rings (SSSR count). The van der Waals surface area contributed by atoms with E-state index in [1.54, 1.807) is 11.8 Å². The Hall–Kier alpha value is -1.25. The number of hydrogen-bond donors (Lipinski definition) is 2. The van der Waals surface area contributed by atoms with Crippen LogP contribution in [0.4, 0.5) is 10.8 Å². The molecule has 0 atom stereocenters. The van der Waals surface area contributed by atoms with Gasteiger partial charge in [-0.3, -0.25) is 4.79 Å². The summed E-state index contributed by atoms with van der Waals surface area (Å²) in [6, 6.07) is 8.08. The predicted octanol–water partition coefficient (Wildman–Crippen LogP) is 3.81. The average molecular weight is 355 g/mol. The van der Waals surface area contributed by atoms with Gasteiger partial charge in [0, 0.05) is 10.9 Å². The minimum absolute atomic E-state index is 0.0416. The first kappa shape index (κ1) is 17.1. The Bertz CT molecular complexity index is 630. The van der Waals surface area contributed by atoms with Gasteiger partial charge in [0.05, 0.1) is 11.4 Å². The minimum atomic E-state index is -0.0416. The normalized spacial score (nSPS) is 10.7. The van der Waals surface area contributed by atoms with Crippen LogP contribution in [0, 0.1) is 0 Å². The van der Waals surface area contributed by atoms with Gasteiger partial charge in [-0.1, -0.05) is 35.2 Å². The van der Waals surface area contributed by atoms with E-state index in [9.17, 15) is 4.79 Å². The van der Waals surface area contributed by atoms with Crippen LogP contribution in [0.3, 0.4) is 0 Å². The number of anilines is 2. The molecule has 1 aromatic carbocycles. The molecule has 1 aromatic heterocycles. The first-order chi connectivity index (χ1) is 10.6. The summed E-state index contributed by atoms with van der Waals surface area (Å²) in [4.78, 5) is 13.1. The number of rotatable bonds is 7. The van der Waals surface area contributed by atoms with E-state index in [0.717, 1.165) is 20.1 Å². The lowest BCUT2D eigenvalue weighted by molar-refractivity contribution is -0.113. The molecule has 0 aliphatic rings. The molecular formula is C14H18N4OS3. The molecule has 1 heterocycles. The Morgan fingerprint density at radius 2 is 2.09 bits per heavy atom. The summed E-state index contributed by atoms with van der Waals surface area (Å²) in [6.07, 6.45) is 1.99. The number of para-hydroxylation sites is 1. The highest BCUT2D eigenvalue weighted by molar-refractivity contribution is 8.01. The number of carbonyl (C=O) groups excluding carboxylic acids is 1. The first-order valence-corrected chi connectivity index (χ1v) is 9.77. The van der Waals surface area contributed by atoms with E-state index in [-0.39, 0.29) is 5.91 Å². The van der Waals surface area contributed by atoms with E-state index in [0.29, 0.717) is 11.8 Å². The maximum Gasteiger partial charge on any atom is 0.234 e. The van der Waals surface area contributed by atoms with Crippen molar-refractivity contribution in [2.75, 3.05) is 22.6 Å². The molecular weight excluding hydrogens is 336 g/mol. The molecule has 0 saturated heterocycles. The van der Waals surface area contributed by atoms with Crippen molar-refractivity contribution in [1.29, 1.82) is 0 Å². The third kappa shape index (κ3) is 5.19. The van der Waals surface area contributed by atoms with Crippen molar-refractivity contribution >= 4 is 51.6 Å². The highest BCUT2D eigenvalue weighted by atomic mass is 32.2. The highest BCUT2D eigenvalue weighted by Gasteiger charge is 2.10. The van der Waals surface area contributed by atoms with Crippen molar-refractivity contribution in [3.63, 3.8) is 0 Å². The molecule has 2 aromatic rings. The number of thioether (sulfide) groups is 2. The second-order valence-electron chi connectivity index (χ2n) is 4.71. The molecule has 0 radical (unpaired) electrons. The van der Waals surface area contributed by atoms with Crippen molar-refractivity contribution in [2.24, 2.45) is 0 Å². The second-order valence-corrected chi connectivity index (χ2v) is 7.76. The van der Waals surface area contributed by atoms with Crippen molar-refractivity contribution in [1.82, 2.24) is 10.2 Å². The van der Waals surface area contributed by atoms with E-state index < -0.39 is 0 Å². The molecule has 5 nitrogen and oxygen atoms in total. The number of nitrogens with one attached hydrogen (secondary N) is 2. The van der Waals surface area contributed by atoms with Gasteiger partial charge in [0.15, 0.2) is 4.34 Å². The third-order valence-electron chi connectivity index (χ3n) is 2.53. The second kappa shape index (κ2) is 8.40. The highest BCUT2D eigenvalue weighted by Crippen LogP contribution is 2.27. The molecule has 8 heteroatoms. The number of hydrogen-bond acceptors (Lipinski definition) is 7. The van der Waals surface area contributed by atoms with E-state index in [1.165, 1.54) is 23.1 Å². The lowest BCUT2D eigenvalue weighted by Gasteiger charge is -2.08. The van der Waals surface area contributed by atoms with Gasteiger partial charge in [-0.15, -0.1) is 22.0 Å². The maximum absolute atomic E-state index is 12.0. The molecule has 0 unspecified atom stereocenters. The molecule has 0 fully saturated rings. The average Bonchev–Trinajstić information content (AvgIpc) is 2.92. The SMILES string of the molecule is CSc1ccccc1NC(=O)CSc1nnc(NC(C)C)s1. The van der Waals surface area contributed by atoms with Crippen LogP contribution in [0.25, 0.3) is 0 Å². The quantitative estimate of drug-likeness (QED) is 0.737. The van der Waals surface area contributed by atoms with Gasteiger partial charge >= 0.3 is 0 Å². The zero-order chi connectivity index (χ0) is 15.9. The fraction of sp³-hybridized carbons (Fsp3) is 0.357. The van der Waals surface area contributed by atoms with Crippen molar-refractivity contribution in [3.8, 4) is 0 Å². The van der Waals surface area contributed by atoms with Gasteiger partial charge in [-0.25, -0.2) is 0 Å². The summed E-state index contributed by atoms with van der Waals surface area (Å²) in [7, 11) is 0. The Morgan fingerprint density at radius 1 is 1.32 bits per heavy atom. The van der Waals surface area contributed by atoms with Crippen LogP contribution in [0.2, 0.25) is 0 Å². The molecule has 0 aliphatic carbocycles. The van der Waals surface area contributed by atoms with Crippen LogP contribution in [0.1, 0.15) is 13.8 Å². The molecule has 0 spiro atoms. The number of amides is 1. The molecule has 0 bridgehead atoms. The Morgan fingerprint density at radius 3 is 2.82 bits per heavy atom. The van der Waals surface area contributed by atoms with Crippen LogP contribution < -0.4 is 10.6 Å². The van der Waals surface area contributed by atoms with Crippen LogP contribution in [-0.4, -0.2) is 34.2 Å². The summed E-state index contributed by atoms with van der Waals surface area (Å²) in [5, 5.41) is 15.0. The van der Waals surface area contributed by atoms with E-state index >= 15 is 0 Å². The molecule has 1 amide bonds. The van der Waals surface area contributed by atoms with Gasteiger partial charge in [-0.2, -0.15) is 0 Å². The fourth-order valence-corrected chi connectivity index (χ4v) is 3.89. The standard InChI is InChI=1S/C14H18N4OS3/c1-9(2)15-13-17-18-14(22-13)21-8-12(19)16-10-6-4-5-7-11(10)20-3/h4-7,9H,8H2,1-3H3,(H,15,17)(H,16,19). The van der Waals surface area contributed by atoms with E-state index in [1.807, 2.05) is 44.4 Å². The smallest absolute Gasteiger partial charge is 0.234 e. The summed E-state index contributed by atoms with van der Waals surface area (Å²) in [5.41, 5.74) is 0.847. The van der Waals surface area contributed by atoms with Crippen molar-refractivity contribution in [2.45, 2.75) is 29.1 Å². The van der Waals surface area contributed by atoms with Crippen LogP contribution >= 0.6 is 34.9 Å². The predicted molar refractivity (Wildman–Crippen MR) is 96.2 cm³/mol. The van der Waals surface area contributed by atoms with Gasteiger partial charge < -0.3 is 10.6 Å². The lowest BCUT2D eigenvalue weighted by atomic mass is 10.3. The van der Waals surface area contributed by atoms with Gasteiger partial charge in [0.25, 0.3) is 0 Å². The molecule has 22 heavy (non-hydrogen) atoms.